The molecule has 0 radical (unpaired) electrons. The lowest BCUT2D eigenvalue weighted by Crippen LogP contribution is -2.29. The Morgan fingerprint density at radius 2 is 1.54 bits per heavy atom. The normalized spacial score (nSPS) is 16.8. The highest BCUT2D eigenvalue weighted by molar-refractivity contribution is 6.51. The van der Waals surface area contributed by atoms with Gasteiger partial charge in [-0.2, -0.15) is 0 Å². The first-order chi connectivity index (χ1) is 17.7. The van der Waals surface area contributed by atoms with Crippen molar-refractivity contribution in [2.45, 2.75) is 32.7 Å². The topological polar surface area (TPSA) is 85.3 Å². The number of hydrogen-bond donors (Lipinski definition) is 1. The van der Waals surface area contributed by atoms with Crippen LogP contribution in [-0.4, -0.2) is 38.1 Å². The first-order valence-electron chi connectivity index (χ1n) is 12.0. The van der Waals surface area contributed by atoms with Crippen LogP contribution in [0.1, 0.15) is 48.1 Å². The van der Waals surface area contributed by atoms with Crippen LogP contribution in [0.4, 0.5) is 5.69 Å². The molecule has 1 amide bonds. The zero-order valence-electron chi connectivity index (χ0n) is 21.9. The Labute approximate surface area is 216 Å². The minimum absolute atomic E-state index is 0.00146. The molecule has 192 valence electrons. The summed E-state index contributed by atoms with van der Waals surface area (Å²) in [6, 6.07) is 17.0. The Hall–Kier alpha value is -4.26. The lowest BCUT2D eigenvalue weighted by atomic mass is 9.93. The van der Waals surface area contributed by atoms with E-state index in [9.17, 15) is 14.7 Å². The number of aliphatic hydroxyl groups excluding tert-OH is 1. The first-order valence-corrected chi connectivity index (χ1v) is 12.0. The zero-order valence-corrected chi connectivity index (χ0v) is 21.9. The molecule has 1 fully saturated rings. The lowest BCUT2D eigenvalue weighted by molar-refractivity contribution is -0.132. The van der Waals surface area contributed by atoms with Crippen molar-refractivity contribution in [2.75, 3.05) is 26.2 Å². The summed E-state index contributed by atoms with van der Waals surface area (Å²) in [6.45, 7) is 5.98. The first kappa shape index (κ1) is 25.8. The fourth-order valence-corrected chi connectivity index (χ4v) is 4.63. The van der Waals surface area contributed by atoms with Gasteiger partial charge in [0.2, 0.25) is 0 Å². The van der Waals surface area contributed by atoms with E-state index in [1.807, 2.05) is 31.2 Å². The summed E-state index contributed by atoms with van der Waals surface area (Å²) in [6.07, 6.45) is 0. The molecule has 7 nitrogen and oxygen atoms in total. The van der Waals surface area contributed by atoms with Crippen LogP contribution in [0.5, 0.6) is 17.2 Å². The molecule has 0 aliphatic carbocycles. The molecule has 1 aliphatic heterocycles. The Morgan fingerprint density at radius 1 is 0.865 bits per heavy atom. The molecule has 7 heteroatoms. The lowest BCUT2D eigenvalue weighted by Gasteiger charge is -2.26. The number of methoxy groups -OCH3 is 3. The predicted octanol–water partition coefficient (Wildman–Crippen LogP) is 5.77. The number of Topliss-reactive ketones (excluding diaryl/α,β-unsaturated/α-hetero) is 1. The van der Waals surface area contributed by atoms with Crippen molar-refractivity contribution in [3.05, 3.63) is 88.5 Å². The van der Waals surface area contributed by atoms with E-state index in [0.717, 1.165) is 5.56 Å². The van der Waals surface area contributed by atoms with Crippen molar-refractivity contribution in [1.82, 2.24) is 0 Å². The molecular formula is C30H31NO6. The molecule has 0 spiro atoms. The Bertz CT molecular complexity index is 1370. The van der Waals surface area contributed by atoms with Gasteiger partial charge in [0.25, 0.3) is 11.7 Å². The van der Waals surface area contributed by atoms with E-state index in [0.29, 0.717) is 45.5 Å². The highest BCUT2D eigenvalue weighted by atomic mass is 16.5. The number of ether oxygens (including phenoxy) is 3. The summed E-state index contributed by atoms with van der Waals surface area (Å²) in [5.74, 6) is 0.155. The average Bonchev–Trinajstić information content (AvgIpc) is 3.17. The number of benzene rings is 3. The number of rotatable bonds is 7. The molecule has 1 heterocycles. The van der Waals surface area contributed by atoms with E-state index >= 15 is 0 Å². The van der Waals surface area contributed by atoms with Gasteiger partial charge in [0.05, 0.1) is 32.9 Å². The fourth-order valence-electron chi connectivity index (χ4n) is 4.63. The molecule has 0 bridgehead atoms. The molecule has 0 aromatic heterocycles. The van der Waals surface area contributed by atoms with Gasteiger partial charge in [0, 0.05) is 11.3 Å². The smallest absolute Gasteiger partial charge is 0.300 e. The third-order valence-corrected chi connectivity index (χ3v) is 6.69. The van der Waals surface area contributed by atoms with Gasteiger partial charge in [-0.15, -0.1) is 0 Å². The third-order valence-electron chi connectivity index (χ3n) is 6.69. The van der Waals surface area contributed by atoms with Crippen molar-refractivity contribution < 1.29 is 28.9 Å². The maximum Gasteiger partial charge on any atom is 0.300 e. The summed E-state index contributed by atoms with van der Waals surface area (Å²) in [5, 5.41) is 11.5. The van der Waals surface area contributed by atoms with Gasteiger partial charge >= 0.3 is 0 Å². The maximum absolute atomic E-state index is 13.5. The summed E-state index contributed by atoms with van der Waals surface area (Å²) < 4.78 is 16.2. The number of nitrogens with zero attached hydrogens (tertiary/aromatic N) is 1. The predicted molar refractivity (Wildman–Crippen MR) is 143 cm³/mol. The van der Waals surface area contributed by atoms with Gasteiger partial charge in [0.15, 0.2) is 11.5 Å². The van der Waals surface area contributed by atoms with Crippen LogP contribution >= 0.6 is 0 Å². The van der Waals surface area contributed by atoms with Crippen molar-refractivity contribution in [3.63, 3.8) is 0 Å². The number of anilines is 1. The minimum atomic E-state index is -0.883. The van der Waals surface area contributed by atoms with Crippen LogP contribution in [-0.2, 0) is 9.59 Å². The molecule has 1 unspecified atom stereocenters. The van der Waals surface area contributed by atoms with Crippen molar-refractivity contribution in [3.8, 4) is 17.2 Å². The van der Waals surface area contributed by atoms with Crippen molar-refractivity contribution in [2.24, 2.45) is 0 Å². The highest BCUT2D eigenvalue weighted by Crippen LogP contribution is 2.44. The van der Waals surface area contributed by atoms with Crippen LogP contribution in [0, 0.1) is 6.92 Å². The molecular weight excluding hydrogens is 470 g/mol. The molecule has 4 rings (SSSR count). The fraction of sp³-hybridized carbons (Fsp3) is 0.267. The van der Waals surface area contributed by atoms with E-state index in [1.54, 1.807) is 43.5 Å². The number of amides is 1. The van der Waals surface area contributed by atoms with Crippen LogP contribution in [0.15, 0.2) is 66.2 Å². The Morgan fingerprint density at radius 3 is 2.11 bits per heavy atom. The molecule has 0 saturated carbocycles. The van der Waals surface area contributed by atoms with Gasteiger partial charge in [-0.3, -0.25) is 14.5 Å². The van der Waals surface area contributed by atoms with Crippen LogP contribution in [0.3, 0.4) is 0 Å². The monoisotopic (exact) mass is 501 g/mol. The van der Waals surface area contributed by atoms with E-state index in [2.05, 4.69) is 13.8 Å². The van der Waals surface area contributed by atoms with Crippen LogP contribution in [0.2, 0.25) is 0 Å². The number of carbonyl (C=O) groups is 2. The van der Waals surface area contributed by atoms with Gasteiger partial charge in [-0.1, -0.05) is 32.0 Å². The van der Waals surface area contributed by atoms with Crippen molar-refractivity contribution in [1.29, 1.82) is 0 Å². The van der Waals surface area contributed by atoms with E-state index < -0.39 is 17.7 Å². The SMILES string of the molecule is COc1ccc(/C(O)=C2\C(=O)C(=O)N(c3ccc(C(C)C)cc3)C2c2ccc(OC)c(OC)c2)c(C)c1. The molecule has 1 aliphatic rings. The maximum atomic E-state index is 13.5. The molecule has 3 aromatic rings. The summed E-state index contributed by atoms with van der Waals surface area (Å²) in [5.41, 5.74) is 3.40. The number of hydrogen-bond acceptors (Lipinski definition) is 6. The molecule has 37 heavy (non-hydrogen) atoms. The molecule has 1 saturated heterocycles. The average molecular weight is 502 g/mol. The number of carbonyl (C=O) groups excluding carboxylic acids is 2. The Kier molecular flexibility index (Phi) is 7.25. The second-order valence-corrected chi connectivity index (χ2v) is 9.21. The standard InChI is InChI=1S/C30H31NO6/c1-17(2)19-7-10-21(11-8-19)31-27(20-9-14-24(36-5)25(16-20)37-6)26(29(33)30(31)34)28(32)23-13-12-22(35-4)15-18(23)3/h7-17,27,32H,1-6H3/b28-26+. The summed E-state index contributed by atoms with van der Waals surface area (Å²) >= 11 is 0. The van der Waals surface area contributed by atoms with Gasteiger partial charge in [0.1, 0.15) is 11.5 Å². The minimum Gasteiger partial charge on any atom is -0.507 e. The van der Waals surface area contributed by atoms with Crippen LogP contribution in [0.25, 0.3) is 5.76 Å². The number of ketones is 1. The largest absolute Gasteiger partial charge is 0.507 e. The second kappa shape index (κ2) is 10.4. The number of aliphatic hydroxyl groups is 1. The molecule has 1 N–H and O–H groups in total. The zero-order chi connectivity index (χ0) is 26.9. The summed E-state index contributed by atoms with van der Waals surface area (Å²) in [7, 11) is 4.61. The summed E-state index contributed by atoms with van der Waals surface area (Å²) in [4.78, 5) is 28.4. The van der Waals surface area contributed by atoms with Gasteiger partial charge < -0.3 is 19.3 Å². The van der Waals surface area contributed by atoms with Gasteiger partial charge in [-0.25, -0.2) is 0 Å². The van der Waals surface area contributed by atoms with Crippen molar-refractivity contribution >= 4 is 23.1 Å². The molecule has 3 aromatic carbocycles. The van der Waals surface area contributed by atoms with E-state index in [1.165, 1.54) is 19.1 Å². The van der Waals surface area contributed by atoms with Crippen LogP contribution < -0.4 is 19.1 Å². The highest BCUT2D eigenvalue weighted by Gasteiger charge is 2.47. The van der Waals surface area contributed by atoms with E-state index in [-0.39, 0.29) is 11.3 Å². The van der Waals surface area contributed by atoms with E-state index in [4.69, 9.17) is 14.2 Å². The quantitative estimate of drug-likeness (QED) is 0.251. The third kappa shape index (κ3) is 4.65. The Balaban J connectivity index is 1.95. The van der Waals surface area contributed by atoms with Gasteiger partial charge in [-0.05, 0) is 72.0 Å². The number of aryl methyl sites for hydroxylation is 1. The second-order valence-electron chi connectivity index (χ2n) is 9.21. The molecule has 1 atom stereocenters.